The minimum absolute atomic E-state index is 0.339. The Hall–Kier alpha value is -1.06. The first kappa shape index (κ1) is 12.4. The molecular formula is C14H21NO2. The minimum Gasteiger partial charge on any atom is -0.468 e. The van der Waals surface area contributed by atoms with Gasteiger partial charge in [0.15, 0.2) is 6.79 Å². The third kappa shape index (κ3) is 4.02. The van der Waals surface area contributed by atoms with E-state index in [4.69, 9.17) is 9.47 Å². The Labute approximate surface area is 103 Å². The second-order valence-electron chi connectivity index (χ2n) is 4.66. The molecule has 0 heterocycles. The molecule has 17 heavy (non-hydrogen) atoms. The largest absolute Gasteiger partial charge is 0.468 e. The van der Waals surface area contributed by atoms with Gasteiger partial charge in [-0.3, -0.25) is 0 Å². The summed E-state index contributed by atoms with van der Waals surface area (Å²) in [7, 11) is 1.96. The average Bonchev–Trinajstić information content (AvgIpc) is 3.18. The maximum Gasteiger partial charge on any atom is 0.189 e. The molecule has 0 aliphatic heterocycles. The van der Waals surface area contributed by atoms with Gasteiger partial charge < -0.3 is 14.8 Å². The zero-order valence-electron chi connectivity index (χ0n) is 10.6. The molecule has 1 fully saturated rings. The minimum atomic E-state index is 0.339. The van der Waals surface area contributed by atoms with Gasteiger partial charge in [-0.2, -0.15) is 0 Å². The second kappa shape index (κ2) is 6.03. The van der Waals surface area contributed by atoms with Gasteiger partial charge in [0, 0.05) is 6.04 Å². The monoisotopic (exact) mass is 235 g/mol. The fourth-order valence-electron chi connectivity index (χ4n) is 1.65. The predicted octanol–water partition coefficient (Wildman–Crippen LogP) is 2.73. The molecule has 1 aliphatic rings. The van der Waals surface area contributed by atoms with Crippen LogP contribution in [-0.2, 0) is 4.74 Å². The standard InChI is InChI=1S/C14H21NO2/c1-11(15-2)13-4-3-5-14(8-13)17-10-16-9-12-6-7-12/h3-5,8,11-12,15H,6-7,9-10H2,1-2H3. The molecule has 1 atom stereocenters. The lowest BCUT2D eigenvalue weighted by Crippen LogP contribution is -2.12. The van der Waals surface area contributed by atoms with E-state index in [1.807, 2.05) is 19.2 Å². The van der Waals surface area contributed by atoms with Crippen LogP contribution in [0, 0.1) is 5.92 Å². The SMILES string of the molecule is CNC(C)c1cccc(OCOCC2CC2)c1. The molecule has 0 aromatic heterocycles. The molecule has 0 saturated heterocycles. The highest BCUT2D eigenvalue weighted by atomic mass is 16.7. The number of hydrogen-bond acceptors (Lipinski definition) is 3. The Morgan fingerprint density at radius 1 is 1.41 bits per heavy atom. The zero-order chi connectivity index (χ0) is 12.1. The highest BCUT2D eigenvalue weighted by molar-refractivity contribution is 5.30. The summed E-state index contributed by atoms with van der Waals surface area (Å²) in [6, 6.07) is 8.47. The summed E-state index contributed by atoms with van der Waals surface area (Å²) >= 11 is 0. The van der Waals surface area contributed by atoms with Crippen LogP contribution in [0.5, 0.6) is 5.75 Å². The van der Waals surface area contributed by atoms with E-state index in [-0.39, 0.29) is 0 Å². The van der Waals surface area contributed by atoms with Crippen LogP contribution in [0.1, 0.15) is 31.4 Å². The lowest BCUT2D eigenvalue weighted by atomic mass is 10.1. The van der Waals surface area contributed by atoms with Gasteiger partial charge >= 0.3 is 0 Å². The molecule has 1 aromatic carbocycles. The van der Waals surface area contributed by atoms with Gasteiger partial charge in [-0.05, 0) is 50.4 Å². The van der Waals surface area contributed by atoms with Crippen molar-refractivity contribution in [2.45, 2.75) is 25.8 Å². The van der Waals surface area contributed by atoms with Crippen molar-refractivity contribution in [3.63, 3.8) is 0 Å². The Kier molecular flexibility index (Phi) is 4.40. The first-order valence-corrected chi connectivity index (χ1v) is 6.27. The number of hydrogen-bond donors (Lipinski definition) is 1. The highest BCUT2D eigenvalue weighted by Crippen LogP contribution is 2.28. The third-order valence-corrected chi connectivity index (χ3v) is 3.15. The Balaban J connectivity index is 1.78. The van der Waals surface area contributed by atoms with Crippen LogP contribution in [0.3, 0.4) is 0 Å². The Morgan fingerprint density at radius 3 is 2.94 bits per heavy atom. The molecule has 1 unspecified atom stereocenters. The van der Waals surface area contributed by atoms with Crippen molar-refractivity contribution < 1.29 is 9.47 Å². The van der Waals surface area contributed by atoms with Gasteiger partial charge in [0.2, 0.25) is 0 Å². The summed E-state index contributed by atoms with van der Waals surface area (Å²) in [6.45, 7) is 3.32. The zero-order valence-corrected chi connectivity index (χ0v) is 10.6. The average molecular weight is 235 g/mol. The first-order valence-electron chi connectivity index (χ1n) is 6.27. The van der Waals surface area contributed by atoms with Gasteiger partial charge in [0.1, 0.15) is 5.75 Å². The Bertz CT molecular complexity index is 350. The number of rotatable bonds is 7. The van der Waals surface area contributed by atoms with Gasteiger partial charge in [-0.25, -0.2) is 0 Å². The molecule has 0 radical (unpaired) electrons. The topological polar surface area (TPSA) is 30.5 Å². The van der Waals surface area contributed by atoms with Crippen molar-refractivity contribution in [2.24, 2.45) is 5.92 Å². The van der Waals surface area contributed by atoms with Gasteiger partial charge in [0.05, 0.1) is 6.61 Å². The summed E-state index contributed by atoms with van der Waals surface area (Å²) in [5, 5.41) is 3.21. The van der Waals surface area contributed by atoms with E-state index in [2.05, 4.69) is 24.4 Å². The quantitative estimate of drug-likeness (QED) is 0.582. The number of nitrogens with one attached hydrogen (secondary N) is 1. The van der Waals surface area contributed by atoms with Crippen molar-refractivity contribution >= 4 is 0 Å². The maximum absolute atomic E-state index is 5.57. The molecule has 0 spiro atoms. The van der Waals surface area contributed by atoms with Crippen LogP contribution in [0.15, 0.2) is 24.3 Å². The fourth-order valence-corrected chi connectivity index (χ4v) is 1.65. The molecule has 0 bridgehead atoms. The maximum atomic E-state index is 5.57. The molecule has 2 rings (SSSR count). The van der Waals surface area contributed by atoms with Gasteiger partial charge in [-0.15, -0.1) is 0 Å². The van der Waals surface area contributed by atoms with E-state index in [0.29, 0.717) is 12.8 Å². The second-order valence-corrected chi connectivity index (χ2v) is 4.66. The third-order valence-electron chi connectivity index (χ3n) is 3.15. The first-order chi connectivity index (χ1) is 8.29. The number of ether oxygens (including phenoxy) is 2. The van der Waals surface area contributed by atoms with Crippen LogP contribution in [0.4, 0.5) is 0 Å². The fraction of sp³-hybridized carbons (Fsp3) is 0.571. The van der Waals surface area contributed by atoms with E-state index in [1.54, 1.807) is 0 Å². The van der Waals surface area contributed by atoms with Crippen molar-refractivity contribution in [2.75, 3.05) is 20.4 Å². The molecule has 1 saturated carbocycles. The lowest BCUT2D eigenvalue weighted by Gasteiger charge is -2.12. The van der Waals surface area contributed by atoms with Crippen LogP contribution >= 0.6 is 0 Å². The molecule has 3 nitrogen and oxygen atoms in total. The molecule has 1 N–H and O–H groups in total. The summed E-state index contributed by atoms with van der Waals surface area (Å²) < 4.78 is 11.0. The van der Waals surface area contributed by atoms with E-state index in [0.717, 1.165) is 18.3 Å². The molecule has 1 aliphatic carbocycles. The summed E-state index contributed by atoms with van der Waals surface area (Å²) in [6.07, 6.45) is 2.63. The van der Waals surface area contributed by atoms with Crippen LogP contribution in [0.25, 0.3) is 0 Å². The van der Waals surface area contributed by atoms with Gasteiger partial charge in [0.25, 0.3) is 0 Å². The molecule has 1 aromatic rings. The molecule has 3 heteroatoms. The molecule has 94 valence electrons. The molecular weight excluding hydrogens is 214 g/mol. The van der Waals surface area contributed by atoms with Crippen LogP contribution < -0.4 is 10.1 Å². The number of benzene rings is 1. The summed E-state index contributed by atoms with van der Waals surface area (Å²) in [4.78, 5) is 0. The van der Waals surface area contributed by atoms with Crippen molar-refractivity contribution in [1.82, 2.24) is 5.32 Å². The van der Waals surface area contributed by atoms with Crippen molar-refractivity contribution in [3.8, 4) is 5.75 Å². The predicted molar refractivity (Wildman–Crippen MR) is 68.1 cm³/mol. The lowest BCUT2D eigenvalue weighted by molar-refractivity contribution is 0.00993. The summed E-state index contributed by atoms with van der Waals surface area (Å²) in [5.74, 6) is 1.66. The van der Waals surface area contributed by atoms with Crippen LogP contribution in [0.2, 0.25) is 0 Å². The van der Waals surface area contributed by atoms with E-state index < -0.39 is 0 Å². The summed E-state index contributed by atoms with van der Waals surface area (Å²) in [5.41, 5.74) is 1.23. The van der Waals surface area contributed by atoms with E-state index >= 15 is 0 Å². The van der Waals surface area contributed by atoms with E-state index in [9.17, 15) is 0 Å². The normalized spacial score (nSPS) is 16.8. The smallest absolute Gasteiger partial charge is 0.189 e. The highest BCUT2D eigenvalue weighted by Gasteiger charge is 2.21. The van der Waals surface area contributed by atoms with Crippen molar-refractivity contribution in [1.29, 1.82) is 0 Å². The Morgan fingerprint density at radius 2 is 2.24 bits per heavy atom. The van der Waals surface area contributed by atoms with Gasteiger partial charge in [-0.1, -0.05) is 12.1 Å². The van der Waals surface area contributed by atoms with E-state index in [1.165, 1.54) is 18.4 Å². The molecule has 0 amide bonds. The van der Waals surface area contributed by atoms with Crippen molar-refractivity contribution in [3.05, 3.63) is 29.8 Å². The van der Waals surface area contributed by atoms with Crippen LogP contribution in [-0.4, -0.2) is 20.4 Å².